The maximum absolute atomic E-state index is 13.1. The summed E-state index contributed by atoms with van der Waals surface area (Å²) < 4.78 is 29.1. The Labute approximate surface area is 133 Å². The minimum absolute atomic E-state index is 0.301. The van der Waals surface area contributed by atoms with Gasteiger partial charge in [-0.2, -0.15) is 0 Å². The van der Waals surface area contributed by atoms with Gasteiger partial charge in [-0.3, -0.25) is 4.57 Å². The van der Waals surface area contributed by atoms with Crippen LogP contribution in [0.1, 0.15) is 34.6 Å². The second-order valence-electron chi connectivity index (χ2n) is 5.72. The van der Waals surface area contributed by atoms with Crippen molar-refractivity contribution in [3.63, 3.8) is 0 Å². The molecule has 0 amide bonds. The minimum atomic E-state index is -3.42. The number of rotatable bonds is 7. The summed E-state index contributed by atoms with van der Waals surface area (Å²) in [6, 6.07) is 7.25. The summed E-state index contributed by atoms with van der Waals surface area (Å²) in [5.41, 5.74) is 0.666. The van der Waals surface area contributed by atoms with Crippen LogP contribution in [0.3, 0.4) is 0 Å². The van der Waals surface area contributed by atoms with E-state index in [0.717, 1.165) is 5.75 Å². The lowest BCUT2D eigenvalue weighted by Gasteiger charge is -2.27. The molecule has 1 aromatic carbocycles. The first-order valence-electron chi connectivity index (χ1n) is 7.39. The van der Waals surface area contributed by atoms with Crippen LogP contribution in [0.5, 0.6) is 5.75 Å². The number of hydrogen-bond donors (Lipinski definition) is 0. The lowest BCUT2D eigenvalue weighted by molar-refractivity contribution is 0.230. The first kappa shape index (κ1) is 18.9. The minimum Gasteiger partial charge on any atom is -0.497 e. The normalized spacial score (nSPS) is 13.3. The van der Waals surface area contributed by atoms with Crippen molar-refractivity contribution in [3.8, 4) is 5.75 Å². The number of nitrogens with zero attached hydrogens (tertiary/aromatic N) is 1. The highest BCUT2D eigenvalue weighted by Gasteiger charge is 2.39. The highest BCUT2D eigenvalue weighted by Crippen LogP contribution is 2.55. The van der Waals surface area contributed by atoms with Gasteiger partial charge in [0, 0.05) is 5.41 Å². The van der Waals surface area contributed by atoms with E-state index in [0.29, 0.717) is 24.4 Å². The fourth-order valence-corrected chi connectivity index (χ4v) is 3.98. The van der Waals surface area contributed by atoms with Crippen molar-refractivity contribution in [1.82, 2.24) is 0 Å². The van der Waals surface area contributed by atoms with Gasteiger partial charge in [-0.25, -0.2) is 4.99 Å². The van der Waals surface area contributed by atoms with E-state index in [1.165, 1.54) is 0 Å². The van der Waals surface area contributed by atoms with E-state index in [1.54, 1.807) is 21.0 Å². The van der Waals surface area contributed by atoms with Gasteiger partial charge in [0.2, 0.25) is 0 Å². The van der Waals surface area contributed by atoms with E-state index in [-0.39, 0.29) is 0 Å². The van der Waals surface area contributed by atoms with Crippen molar-refractivity contribution >= 4 is 18.7 Å². The molecular formula is C16H26NO4P. The first-order chi connectivity index (χ1) is 10.3. The molecule has 22 heavy (non-hydrogen) atoms. The number of benzene rings is 1. The van der Waals surface area contributed by atoms with Gasteiger partial charge in [0.1, 0.15) is 11.2 Å². The molecule has 0 saturated heterocycles. The van der Waals surface area contributed by atoms with Crippen LogP contribution in [-0.2, 0) is 13.6 Å². The van der Waals surface area contributed by atoms with E-state index in [4.69, 9.17) is 13.8 Å². The van der Waals surface area contributed by atoms with Crippen LogP contribution < -0.4 is 4.74 Å². The Morgan fingerprint density at radius 3 is 1.95 bits per heavy atom. The zero-order valence-corrected chi connectivity index (χ0v) is 15.1. The lowest BCUT2D eigenvalue weighted by Crippen LogP contribution is -2.22. The van der Waals surface area contributed by atoms with E-state index >= 15 is 0 Å². The molecule has 0 aromatic heterocycles. The predicted octanol–water partition coefficient (Wildman–Crippen LogP) is 5.04. The SMILES string of the molecule is CCOP(=O)(OCC)C(=Nc1ccc(OC)cc1)C(C)(C)C. The Morgan fingerprint density at radius 2 is 1.59 bits per heavy atom. The van der Waals surface area contributed by atoms with Gasteiger partial charge in [-0.1, -0.05) is 20.8 Å². The van der Waals surface area contributed by atoms with Crippen molar-refractivity contribution in [1.29, 1.82) is 0 Å². The Balaban J connectivity index is 3.32. The van der Waals surface area contributed by atoms with Crippen LogP contribution in [0.15, 0.2) is 29.3 Å². The molecule has 0 fully saturated rings. The number of aliphatic imine (C=N–C) groups is 1. The lowest BCUT2D eigenvalue weighted by atomic mass is 9.98. The second-order valence-corrected chi connectivity index (χ2v) is 7.65. The smallest absolute Gasteiger partial charge is 0.375 e. The summed E-state index contributed by atoms with van der Waals surface area (Å²) in [5, 5.41) is 0. The van der Waals surface area contributed by atoms with Gasteiger partial charge in [-0.05, 0) is 38.1 Å². The molecule has 0 radical (unpaired) electrons. The van der Waals surface area contributed by atoms with Gasteiger partial charge in [0.25, 0.3) is 0 Å². The summed E-state index contributed by atoms with van der Waals surface area (Å²) in [6.07, 6.45) is 0. The van der Waals surface area contributed by atoms with Crippen LogP contribution in [-0.4, -0.2) is 25.8 Å². The highest BCUT2D eigenvalue weighted by atomic mass is 31.2. The van der Waals surface area contributed by atoms with Gasteiger partial charge in [0.15, 0.2) is 0 Å². The molecule has 1 rings (SSSR count). The molecule has 0 aliphatic rings. The standard InChI is InChI=1S/C16H26NO4P/c1-7-20-22(18,21-8-2)15(16(3,4)5)17-13-9-11-14(19-6)12-10-13/h9-12H,7-8H2,1-6H3. The van der Waals surface area contributed by atoms with Gasteiger partial charge < -0.3 is 13.8 Å². The van der Waals surface area contributed by atoms with Crippen molar-refractivity contribution < 1.29 is 18.3 Å². The van der Waals surface area contributed by atoms with Crippen molar-refractivity contribution in [2.75, 3.05) is 20.3 Å². The fourth-order valence-electron chi connectivity index (χ4n) is 1.92. The van der Waals surface area contributed by atoms with Crippen LogP contribution >= 0.6 is 7.60 Å². The molecule has 0 unspecified atom stereocenters. The largest absolute Gasteiger partial charge is 0.497 e. The number of hydrogen-bond acceptors (Lipinski definition) is 5. The molecule has 0 N–H and O–H groups in total. The average molecular weight is 327 g/mol. The van der Waals surface area contributed by atoms with Gasteiger partial charge in [0.05, 0.1) is 26.0 Å². The first-order valence-corrected chi connectivity index (χ1v) is 8.94. The van der Waals surface area contributed by atoms with Crippen LogP contribution in [0.25, 0.3) is 0 Å². The molecule has 0 aliphatic heterocycles. The molecule has 1 aromatic rings. The van der Waals surface area contributed by atoms with E-state index in [9.17, 15) is 4.57 Å². The van der Waals surface area contributed by atoms with E-state index in [2.05, 4.69) is 4.99 Å². The second kappa shape index (κ2) is 7.91. The predicted molar refractivity (Wildman–Crippen MR) is 90.4 cm³/mol. The Morgan fingerprint density at radius 1 is 1.09 bits per heavy atom. The van der Waals surface area contributed by atoms with Gasteiger partial charge in [-0.15, -0.1) is 0 Å². The summed E-state index contributed by atoms with van der Waals surface area (Å²) >= 11 is 0. The van der Waals surface area contributed by atoms with Crippen molar-refractivity contribution in [2.24, 2.45) is 10.4 Å². The fraction of sp³-hybridized carbons (Fsp3) is 0.562. The third-order valence-corrected chi connectivity index (χ3v) is 5.32. The maximum Gasteiger partial charge on any atom is 0.375 e. The third kappa shape index (κ3) is 4.94. The molecule has 124 valence electrons. The average Bonchev–Trinajstić information content (AvgIpc) is 2.44. The summed E-state index contributed by atoms with van der Waals surface area (Å²) in [4.78, 5) is 4.56. The molecule has 5 nitrogen and oxygen atoms in total. The Kier molecular flexibility index (Phi) is 6.79. The summed E-state index contributed by atoms with van der Waals surface area (Å²) in [7, 11) is -1.81. The zero-order valence-electron chi connectivity index (χ0n) is 14.3. The van der Waals surface area contributed by atoms with Crippen molar-refractivity contribution in [3.05, 3.63) is 24.3 Å². The van der Waals surface area contributed by atoms with Crippen molar-refractivity contribution in [2.45, 2.75) is 34.6 Å². The molecule has 6 heteroatoms. The quantitative estimate of drug-likeness (QED) is 0.520. The molecule has 0 atom stereocenters. The highest BCUT2D eigenvalue weighted by molar-refractivity contribution is 7.72. The zero-order chi connectivity index (χ0) is 16.8. The Bertz CT molecular complexity index is 536. The van der Waals surface area contributed by atoms with E-state index < -0.39 is 13.0 Å². The number of ether oxygens (including phenoxy) is 1. The van der Waals surface area contributed by atoms with Crippen LogP contribution in [0.2, 0.25) is 0 Å². The topological polar surface area (TPSA) is 57.1 Å². The van der Waals surface area contributed by atoms with Crippen LogP contribution in [0.4, 0.5) is 5.69 Å². The molecule has 0 bridgehead atoms. The number of methoxy groups -OCH3 is 1. The molecular weight excluding hydrogens is 301 g/mol. The Hall–Kier alpha value is -1.16. The summed E-state index contributed by atoms with van der Waals surface area (Å²) in [5.74, 6) is 0.744. The monoisotopic (exact) mass is 327 g/mol. The molecule has 0 heterocycles. The maximum atomic E-state index is 13.1. The van der Waals surface area contributed by atoms with Crippen LogP contribution in [0, 0.1) is 5.41 Å². The summed E-state index contributed by atoms with van der Waals surface area (Å²) in [6.45, 7) is 10.0. The third-order valence-electron chi connectivity index (χ3n) is 2.84. The molecule has 0 spiro atoms. The van der Waals surface area contributed by atoms with Gasteiger partial charge >= 0.3 is 7.60 Å². The molecule has 0 saturated carbocycles. The molecule has 0 aliphatic carbocycles. The van der Waals surface area contributed by atoms with E-state index in [1.807, 2.05) is 45.0 Å².